The van der Waals surface area contributed by atoms with Crippen molar-refractivity contribution in [1.29, 1.82) is 0 Å². The number of benzene rings is 2. The van der Waals surface area contributed by atoms with Gasteiger partial charge < -0.3 is 5.32 Å². The fourth-order valence-corrected chi connectivity index (χ4v) is 2.49. The molecule has 0 aliphatic heterocycles. The highest BCUT2D eigenvalue weighted by atomic mass is 79.9. The van der Waals surface area contributed by atoms with Crippen molar-refractivity contribution in [2.24, 2.45) is 0 Å². The van der Waals surface area contributed by atoms with E-state index in [4.69, 9.17) is 11.6 Å². The highest BCUT2D eigenvalue weighted by Crippen LogP contribution is 2.30. The molecule has 0 radical (unpaired) electrons. The molecule has 0 fully saturated rings. The maximum absolute atomic E-state index is 6.06. The van der Waals surface area contributed by atoms with Crippen LogP contribution >= 0.6 is 27.5 Å². The van der Waals surface area contributed by atoms with Crippen molar-refractivity contribution in [2.75, 3.05) is 5.32 Å². The number of para-hydroxylation sites is 2. The number of halogens is 2. The van der Waals surface area contributed by atoms with Gasteiger partial charge in [-0.2, -0.15) is 0 Å². The van der Waals surface area contributed by atoms with Crippen LogP contribution in [0.4, 0.5) is 5.69 Å². The van der Waals surface area contributed by atoms with E-state index in [-0.39, 0.29) is 0 Å². The molecule has 5 heteroatoms. The number of nitrogens with zero attached hydrogens (tertiary/aromatic N) is 2. The molecule has 0 amide bonds. The summed E-state index contributed by atoms with van der Waals surface area (Å²) in [7, 11) is 0. The van der Waals surface area contributed by atoms with Gasteiger partial charge in [-0.25, -0.2) is 4.98 Å². The normalized spacial score (nSPS) is 10.7. The van der Waals surface area contributed by atoms with Gasteiger partial charge in [0.15, 0.2) is 0 Å². The molecule has 0 unspecified atom stereocenters. The molecule has 0 atom stereocenters. The van der Waals surface area contributed by atoms with Crippen LogP contribution in [0.1, 0.15) is 5.69 Å². The molecule has 0 spiro atoms. The van der Waals surface area contributed by atoms with Crippen molar-refractivity contribution >= 4 is 44.3 Å². The van der Waals surface area contributed by atoms with E-state index < -0.39 is 0 Å². The lowest BCUT2D eigenvalue weighted by molar-refractivity contribution is 1.04. The number of nitrogens with one attached hydrogen (secondary N) is 1. The van der Waals surface area contributed by atoms with Crippen molar-refractivity contribution in [3.8, 4) is 0 Å². The molecule has 3 aromatic rings. The summed E-state index contributed by atoms with van der Waals surface area (Å²) in [5.74, 6) is 0. The van der Waals surface area contributed by atoms with E-state index in [1.807, 2.05) is 42.5 Å². The summed E-state index contributed by atoms with van der Waals surface area (Å²) in [6.45, 7) is 0.594. The largest absolute Gasteiger partial charge is 0.378 e. The first kappa shape index (κ1) is 13.3. The lowest BCUT2D eigenvalue weighted by atomic mass is 10.3. The predicted molar refractivity (Wildman–Crippen MR) is 86.0 cm³/mol. The second-order valence-corrected chi connectivity index (χ2v) is 5.51. The van der Waals surface area contributed by atoms with Crippen LogP contribution in [-0.2, 0) is 6.54 Å². The quantitative estimate of drug-likeness (QED) is 0.748. The smallest absolute Gasteiger partial charge is 0.0890 e. The number of anilines is 1. The van der Waals surface area contributed by atoms with Gasteiger partial charge in [0.05, 0.1) is 44.7 Å². The Hall–Kier alpha value is -1.65. The minimum Gasteiger partial charge on any atom is -0.378 e. The third-order valence-corrected chi connectivity index (χ3v) is 4.31. The van der Waals surface area contributed by atoms with Crippen LogP contribution < -0.4 is 5.32 Å². The van der Waals surface area contributed by atoms with E-state index in [1.165, 1.54) is 0 Å². The van der Waals surface area contributed by atoms with Crippen molar-refractivity contribution in [3.05, 3.63) is 63.9 Å². The van der Waals surface area contributed by atoms with Gasteiger partial charge in [-0.3, -0.25) is 4.98 Å². The minimum atomic E-state index is 0.594. The highest BCUT2D eigenvalue weighted by Gasteiger charge is 2.04. The predicted octanol–water partition coefficient (Wildman–Crippen LogP) is 4.66. The Morgan fingerprint density at radius 1 is 1.05 bits per heavy atom. The molecule has 0 aliphatic carbocycles. The van der Waals surface area contributed by atoms with E-state index in [0.29, 0.717) is 11.6 Å². The Labute approximate surface area is 130 Å². The van der Waals surface area contributed by atoms with Crippen molar-refractivity contribution in [2.45, 2.75) is 6.54 Å². The van der Waals surface area contributed by atoms with Crippen LogP contribution in [0, 0.1) is 0 Å². The summed E-state index contributed by atoms with van der Waals surface area (Å²) >= 11 is 9.52. The highest BCUT2D eigenvalue weighted by molar-refractivity contribution is 9.10. The Bertz CT molecular complexity index is 761. The summed E-state index contributed by atoms with van der Waals surface area (Å²) in [6.07, 6.45) is 1.79. The first-order valence-electron chi connectivity index (χ1n) is 6.12. The van der Waals surface area contributed by atoms with Gasteiger partial charge in [-0.1, -0.05) is 29.8 Å². The number of hydrogen-bond donors (Lipinski definition) is 1. The number of hydrogen-bond acceptors (Lipinski definition) is 3. The summed E-state index contributed by atoms with van der Waals surface area (Å²) in [6, 6.07) is 13.5. The van der Waals surface area contributed by atoms with Gasteiger partial charge in [-0.15, -0.1) is 0 Å². The molecule has 1 aromatic heterocycles. The van der Waals surface area contributed by atoms with Crippen LogP contribution in [0.3, 0.4) is 0 Å². The molecule has 0 aliphatic rings. The van der Waals surface area contributed by atoms with Gasteiger partial charge in [0.2, 0.25) is 0 Å². The first-order chi connectivity index (χ1) is 9.74. The number of rotatable bonds is 3. The maximum atomic E-state index is 6.06. The Kier molecular flexibility index (Phi) is 3.85. The fraction of sp³-hybridized carbons (Fsp3) is 0.0667. The molecule has 2 aromatic carbocycles. The number of fused-ring (bicyclic) bond motifs is 1. The second-order valence-electron chi connectivity index (χ2n) is 4.30. The lowest BCUT2D eigenvalue weighted by Gasteiger charge is -2.09. The molecule has 20 heavy (non-hydrogen) atoms. The Balaban J connectivity index is 1.81. The topological polar surface area (TPSA) is 37.8 Å². The van der Waals surface area contributed by atoms with Gasteiger partial charge in [0.1, 0.15) is 0 Å². The molecule has 100 valence electrons. The summed E-state index contributed by atoms with van der Waals surface area (Å²) in [5.41, 5.74) is 3.63. The molecule has 0 saturated carbocycles. The van der Waals surface area contributed by atoms with Crippen LogP contribution in [-0.4, -0.2) is 9.97 Å². The maximum Gasteiger partial charge on any atom is 0.0890 e. The minimum absolute atomic E-state index is 0.594. The van der Waals surface area contributed by atoms with Crippen molar-refractivity contribution < 1.29 is 0 Å². The molecular formula is C15H11BrClN3. The van der Waals surface area contributed by atoms with Gasteiger partial charge >= 0.3 is 0 Å². The summed E-state index contributed by atoms with van der Waals surface area (Å²) in [5, 5.41) is 3.98. The second kappa shape index (κ2) is 5.77. The summed E-state index contributed by atoms with van der Waals surface area (Å²) < 4.78 is 0.857. The number of aromatic nitrogens is 2. The van der Waals surface area contributed by atoms with Crippen molar-refractivity contribution in [3.63, 3.8) is 0 Å². The molecule has 3 nitrogen and oxygen atoms in total. The molecule has 0 bridgehead atoms. The van der Waals surface area contributed by atoms with E-state index >= 15 is 0 Å². The van der Waals surface area contributed by atoms with E-state index in [2.05, 4.69) is 31.2 Å². The van der Waals surface area contributed by atoms with E-state index in [0.717, 1.165) is 26.9 Å². The monoisotopic (exact) mass is 347 g/mol. The van der Waals surface area contributed by atoms with Crippen LogP contribution in [0.5, 0.6) is 0 Å². The molecule has 3 rings (SSSR count). The van der Waals surface area contributed by atoms with Gasteiger partial charge in [0, 0.05) is 0 Å². The van der Waals surface area contributed by atoms with Crippen molar-refractivity contribution in [1.82, 2.24) is 9.97 Å². The Morgan fingerprint density at radius 2 is 1.85 bits per heavy atom. The standard InChI is InChI=1S/C15H11BrClN3/c16-15-11(17)4-3-7-14(15)19-9-10-8-18-12-5-1-2-6-13(12)20-10/h1-8,19H,9H2. The van der Waals surface area contributed by atoms with Gasteiger partial charge in [-0.05, 0) is 40.2 Å². The van der Waals surface area contributed by atoms with Crippen LogP contribution in [0.15, 0.2) is 53.1 Å². The average molecular weight is 349 g/mol. The molecule has 1 N–H and O–H groups in total. The zero-order chi connectivity index (χ0) is 13.9. The Morgan fingerprint density at radius 3 is 2.70 bits per heavy atom. The summed E-state index contributed by atoms with van der Waals surface area (Å²) in [4.78, 5) is 8.96. The van der Waals surface area contributed by atoms with E-state index in [9.17, 15) is 0 Å². The average Bonchev–Trinajstić information content (AvgIpc) is 2.48. The zero-order valence-electron chi connectivity index (χ0n) is 10.5. The van der Waals surface area contributed by atoms with Gasteiger partial charge in [0.25, 0.3) is 0 Å². The molecule has 1 heterocycles. The third kappa shape index (κ3) is 2.76. The van der Waals surface area contributed by atoms with Crippen LogP contribution in [0.25, 0.3) is 11.0 Å². The molecule has 0 saturated heterocycles. The third-order valence-electron chi connectivity index (χ3n) is 2.91. The SMILES string of the molecule is Clc1cccc(NCc2cnc3ccccc3n2)c1Br. The van der Waals surface area contributed by atoms with E-state index in [1.54, 1.807) is 6.20 Å². The lowest BCUT2D eigenvalue weighted by Crippen LogP contribution is -2.03. The molecular weight excluding hydrogens is 338 g/mol. The fourth-order valence-electron chi connectivity index (χ4n) is 1.91. The first-order valence-corrected chi connectivity index (χ1v) is 7.30. The van der Waals surface area contributed by atoms with Crippen LogP contribution in [0.2, 0.25) is 5.02 Å². The zero-order valence-corrected chi connectivity index (χ0v) is 12.8.